The predicted octanol–water partition coefficient (Wildman–Crippen LogP) is 5.03. The van der Waals surface area contributed by atoms with E-state index in [1.165, 1.54) is 0 Å². The third-order valence-corrected chi connectivity index (χ3v) is 7.84. The average Bonchev–Trinajstić information content (AvgIpc) is 3.07. The van der Waals surface area contributed by atoms with Crippen molar-refractivity contribution in [2.75, 3.05) is 10.9 Å². The summed E-state index contributed by atoms with van der Waals surface area (Å²) in [5.74, 6) is 0. The summed E-state index contributed by atoms with van der Waals surface area (Å²) in [6.07, 6.45) is 0. The van der Waals surface area contributed by atoms with Crippen molar-refractivity contribution in [3.05, 3.63) is 46.4 Å². The van der Waals surface area contributed by atoms with Crippen molar-refractivity contribution in [3.8, 4) is 0 Å². The van der Waals surface area contributed by atoms with Crippen molar-refractivity contribution >= 4 is 59.7 Å². The fourth-order valence-corrected chi connectivity index (χ4v) is 4.12. The van der Waals surface area contributed by atoms with Crippen LogP contribution in [0.15, 0.2) is 36.4 Å². The van der Waals surface area contributed by atoms with Gasteiger partial charge in [0.15, 0.2) is 0 Å². The number of nitrogens with one attached hydrogen (secondary N) is 2. The zero-order valence-electron chi connectivity index (χ0n) is 21.0. The molecule has 10 heteroatoms. The van der Waals surface area contributed by atoms with Crippen molar-refractivity contribution in [1.82, 2.24) is 0 Å². The van der Waals surface area contributed by atoms with Gasteiger partial charge in [0.25, 0.3) is 0 Å². The lowest BCUT2D eigenvalue weighted by Crippen LogP contribution is -2.41. The van der Waals surface area contributed by atoms with Crippen LogP contribution in [0.1, 0.15) is 55.4 Å². The minimum Gasteiger partial charge on any atom is -0.399 e. The van der Waals surface area contributed by atoms with E-state index in [2.05, 4.69) is 10.9 Å². The first-order valence-corrected chi connectivity index (χ1v) is 12.2. The maximum Gasteiger partial charge on any atom is 0.497 e. The summed E-state index contributed by atoms with van der Waals surface area (Å²) < 4.78 is 25.0. The molecule has 0 spiro atoms. The SMILES string of the molecule is CC1(C)OB(c2cc(Cl)ccc2NNc2ccc(Cl)cc2B2OC(C)(C)C(C)(C)O2)OC1(C)C. The van der Waals surface area contributed by atoms with E-state index in [1.807, 2.05) is 91.8 Å². The van der Waals surface area contributed by atoms with Crippen LogP contribution in [0, 0.1) is 0 Å². The lowest BCUT2D eigenvalue weighted by molar-refractivity contribution is 0.00578. The fraction of sp³-hybridized carbons (Fsp3) is 0.500. The van der Waals surface area contributed by atoms with Crippen LogP contribution >= 0.6 is 23.2 Å². The number of benzene rings is 2. The van der Waals surface area contributed by atoms with E-state index >= 15 is 0 Å². The van der Waals surface area contributed by atoms with Crippen molar-refractivity contribution in [2.45, 2.75) is 77.8 Å². The zero-order chi connectivity index (χ0) is 25.1. The highest BCUT2D eigenvalue weighted by molar-refractivity contribution is 6.65. The molecule has 0 saturated carbocycles. The van der Waals surface area contributed by atoms with Crippen molar-refractivity contribution < 1.29 is 18.6 Å². The normalized spacial score (nSPS) is 22.2. The maximum absolute atomic E-state index is 6.33. The van der Waals surface area contributed by atoms with Gasteiger partial charge >= 0.3 is 14.2 Å². The van der Waals surface area contributed by atoms with Crippen LogP contribution in [0.2, 0.25) is 10.0 Å². The monoisotopic (exact) mass is 504 g/mol. The average molecular weight is 505 g/mol. The fourth-order valence-electron chi connectivity index (χ4n) is 3.76. The molecule has 34 heavy (non-hydrogen) atoms. The number of hydrogen-bond acceptors (Lipinski definition) is 6. The molecule has 6 nitrogen and oxygen atoms in total. The number of anilines is 2. The van der Waals surface area contributed by atoms with Gasteiger partial charge in [0.1, 0.15) is 0 Å². The van der Waals surface area contributed by atoms with Gasteiger partial charge in [-0.2, -0.15) is 0 Å². The summed E-state index contributed by atoms with van der Waals surface area (Å²) in [6.45, 7) is 16.2. The molecule has 2 aromatic rings. The first kappa shape index (κ1) is 25.7. The van der Waals surface area contributed by atoms with Crippen LogP contribution in [0.3, 0.4) is 0 Å². The summed E-state index contributed by atoms with van der Waals surface area (Å²) in [5.41, 5.74) is 7.85. The second-order valence-electron chi connectivity index (χ2n) is 10.9. The van der Waals surface area contributed by atoms with Gasteiger partial charge in [0, 0.05) is 21.0 Å². The van der Waals surface area contributed by atoms with Gasteiger partial charge in [-0.15, -0.1) is 0 Å². The molecule has 2 saturated heterocycles. The van der Waals surface area contributed by atoms with E-state index in [4.69, 9.17) is 41.8 Å². The van der Waals surface area contributed by atoms with Gasteiger partial charge in [-0.1, -0.05) is 23.2 Å². The van der Waals surface area contributed by atoms with E-state index in [0.717, 1.165) is 22.3 Å². The van der Waals surface area contributed by atoms with Gasteiger partial charge in [0.2, 0.25) is 0 Å². The van der Waals surface area contributed by atoms with Crippen molar-refractivity contribution in [2.24, 2.45) is 0 Å². The molecule has 0 aliphatic carbocycles. The zero-order valence-corrected chi connectivity index (χ0v) is 22.5. The van der Waals surface area contributed by atoms with Crippen LogP contribution in [-0.2, 0) is 18.6 Å². The van der Waals surface area contributed by atoms with Crippen LogP contribution in [-0.4, -0.2) is 36.6 Å². The molecule has 0 atom stereocenters. The van der Waals surface area contributed by atoms with E-state index in [1.54, 1.807) is 0 Å². The molecule has 2 fully saturated rings. The molecule has 2 aliphatic rings. The Morgan fingerprint density at radius 2 is 0.853 bits per heavy atom. The molecule has 0 radical (unpaired) electrons. The number of halogens is 2. The van der Waals surface area contributed by atoms with E-state index in [9.17, 15) is 0 Å². The second kappa shape index (κ2) is 8.61. The molecule has 0 amide bonds. The quantitative estimate of drug-likeness (QED) is 0.440. The van der Waals surface area contributed by atoms with Gasteiger partial charge in [-0.3, -0.25) is 0 Å². The van der Waals surface area contributed by atoms with E-state index in [0.29, 0.717) is 10.0 Å². The Labute approximate surface area is 213 Å². The molecule has 4 rings (SSSR count). The summed E-state index contributed by atoms with van der Waals surface area (Å²) in [5, 5.41) is 1.19. The van der Waals surface area contributed by atoms with Crippen molar-refractivity contribution in [3.63, 3.8) is 0 Å². The second-order valence-corrected chi connectivity index (χ2v) is 11.8. The number of rotatable bonds is 5. The molecular formula is C24H32B2Cl2N2O4. The molecule has 0 aromatic heterocycles. The van der Waals surface area contributed by atoms with Crippen molar-refractivity contribution in [1.29, 1.82) is 0 Å². The molecule has 0 unspecified atom stereocenters. The Morgan fingerprint density at radius 1 is 0.559 bits per heavy atom. The summed E-state index contributed by atoms with van der Waals surface area (Å²) in [7, 11) is -1.14. The van der Waals surface area contributed by atoms with Gasteiger partial charge < -0.3 is 29.5 Å². The Balaban J connectivity index is 1.60. The number of hydrogen-bond donors (Lipinski definition) is 2. The molecule has 2 heterocycles. The first-order chi connectivity index (χ1) is 15.6. The first-order valence-electron chi connectivity index (χ1n) is 11.4. The van der Waals surface area contributed by atoms with Gasteiger partial charge in [-0.05, 0) is 91.8 Å². The summed E-state index contributed by atoms with van der Waals surface area (Å²) in [6, 6.07) is 11.1. The van der Waals surface area contributed by atoms with E-state index in [-0.39, 0.29) is 0 Å². The molecule has 2 aliphatic heterocycles. The maximum atomic E-state index is 6.33. The summed E-state index contributed by atoms with van der Waals surface area (Å²) in [4.78, 5) is 0. The standard InChI is InChI=1S/C24H32B2Cl2N2O4/c1-21(2)22(3,4)32-25(31-21)17-13-15(27)9-11-19(17)29-30-20-12-10-16(28)14-18(20)26-33-23(5,6)24(7,8)34-26/h9-14,29-30H,1-8H3. The highest BCUT2D eigenvalue weighted by atomic mass is 35.5. The number of hydrazine groups is 1. The minimum absolute atomic E-state index is 0.467. The Hall–Kier alpha value is -1.41. The van der Waals surface area contributed by atoms with Crippen LogP contribution < -0.4 is 21.8 Å². The van der Waals surface area contributed by atoms with Crippen LogP contribution in [0.4, 0.5) is 11.4 Å². The molecule has 182 valence electrons. The van der Waals surface area contributed by atoms with Crippen LogP contribution in [0.25, 0.3) is 0 Å². The molecule has 2 aromatic carbocycles. The summed E-state index contributed by atoms with van der Waals surface area (Å²) >= 11 is 12.7. The third-order valence-electron chi connectivity index (χ3n) is 7.37. The lowest BCUT2D eigenvalue weighted by Gasteiger charge is -2.32. The Morgan fingerprint density at radius 3 is 1.15 bits per heavy atom. The van der Waals surface area contributed by atoms with E-state index < -0.39 is 36.6 Å². The minimum atomic E-state index is -0.569. The largest absolute Gasteiger partial charge is 0.497 e. The molecule has 0 bridgehead atoms. The highest BCUT2D eigenvalue weighted by Gasteiger charge is 2.53. The highest BCUT2D eigenvalue weighted by Crippen LogP contribution is 2.38. The van der Waals surface area contributed by atoms with Crippen LogP contribution in [0.5, 0.6) is 0 Å². The lowest BCUT2D eigenvalue weighted by atomic mass is 9.77. The van der Waals surface area contributed by atoms with Gasteiger partial charge in [-0.25, -0.2) is 0 Å². The topological polar surface area (TPSA) is 61.0 Å². The molecular weight excluding hydrogens is 473 g/mol. The third kappa shape index (κ3) is 4.69. The predicted molar refractivity (Wildman–Crippen MR) is 142 cm³/mol. The smallest absolute Gasteiger partial charge is 0.399 e. The molecule has 2 N–H and O–H groups in total. The Bertz CT molecular complexity index is 977. The Kier molecular flexibility index (Phi) is 6.50. The van der Waals surface area contributed by atoms with Gasteiger partial charge in [0.05, 0.1) is 33.8 Å².